The molecule has 0 aromatic carbocycles. The fourth-order valence-electron chi connectivity index (χ4n) is 5.35. The second kappa shape index (κ2) is 8.56. The Morgan fingerprint density at radius 3 is 1.29 bits per heavy atom. The van der Waals surface area contributed by atoms with Crippen LogP contribution in [0.3, 0.4) is 0 Å². The molecule has 0 amide bonds. The molecule has 1 nitrogen and oxygen atoms in total. The Balaban J connectivity index is 1.70. The lowest BCUT2D eigenvalue weighted by Gasteiger charge is -2.28. The van der Waals surface area contributed by atoms with Gasteiger partial charge in [-0.2, -0.15) is 0 Å². The number of fused-ring (bicyclic) bond motifs is 5. The highest BCUT2D eigenvalue weighted by atomic mass is 15.0. The zero-order valence-electron chi connectivity index (χ0n) is 14.1. The molecule has 1 N–H and O–H groups in total. The first kappa shape index (κ1) is 15.8. The summed E-state index contributed by atoms with van der Waals surface area (Å²) in [5, 5.41) is 4.11. The second-order valence-electron chi connectivity index (χ2n) is 8.24. The molecule has 21 heavy (non-hydrogen) atoms. The van der Waals surface area contributed by atoms with Crippen LogP contribution in [0.4, 0.5) is 0 Å². The summed E-state index contributed by atoms with van der Waals surface area (Å²) < 4.78 is 0. The van der Waals surface area contributed by atoms with Gasteiger partial charge in [0.15, 0.2) is 0 Å². The van der Waals surface area contributed by atoms with Gasteiger partial charge in [0.2, 0.25) is 0 Å². The quantitative estimate of drug-likeness (QED) is 0.592. The highest BCUT2D eigenvalue weighted by molar-refractivity contribution is 4.88. The van der Waals surface area contributed by atoms with Crippen molar-refractivity contribution < 1.29 is 0 Å². The molecule has 3 aliphatic rings. The van der Waals surface area contributed by atoms with E-state index >= 15 is 0 Å². The summed E-state index contributed by atoms with van der Waals surface area (Å²) in [6.45, 7) is 0. The van der Waals surface area contributed by atoms with E-state index in [1.54, 1.807) is 0 Å². The summed E-state index contributed by atoms with van der Waals surface area (Å²) in [6.07, 6.45) is 23.9. The van der Waals surface area contributed by atoms with Crippen molar-refractivity contribution >= 4 is 0 Å². The molecule has 0 radical (unpaired) electrons. The molecule has 0 aromatic rings. The van der Waals surface area contributed by atoms with Crippen LogP contribution in [-0.4, -0.2) is 12.1 Å². The van der Waals surface area contributed by atoms with Crippen molar-refractivity contribution in [2.75, 3.05) is 0 Å². The molecule has 4 bridgehead atoms. The maximum Gasteiger partial charge on any atom is 0.00723 e. The second-order valence-corrected chi connectivity index (χ2v) is 8.24. The van der Waals surface area contributed by atoms with Gasteiger partial charge in [-0.1, -0.05) is 77.0 Å². The summed E-state index contributed by atoms with van der Waals surface area (Å²) in [6, 6.07) is 1.70. The maximum atomic E-state index is 4.11. The van der Waals surface area contributed by atoms with Gasteiger partial charge >= 0.3 is 0 Å². The lowest BCUT2D eigenvalue weighted by Crippen LogP contribution is -2.37. The fraction of sp³-hybridized carbons (Fsp3) is 1.00. The highest BCUT2D eigenvalue weighted by Crippen LogP contribution is 2.37. The monoisotopic (exact) mass is 291 g/mol. The molecular formula is C20H37N. The number of rotatable bonds is 0. The molecule has 1 aliphatic heterocycles. The molecule has 3 fully saturated rings. The Kier molecular flexibility index (Phi) is 6.45. The van der Waals surface area contributed by atoms with Crippen LogP contribution in [0.25, 0.3) is 0 Å². The molecule has 3 rings (SSSR count). The Hall–Kier alpha value is -0.0400. The maximum absolute atomic E-state index is 4.11. The lowest BCUT2D eigenvalue weighted by atomic mass is 9.77. The van der Waals surface area contributed by atoms with E-state index in [1.165, 1.54) is 103 Å². The van der Waals surface area contributed by atoms with Gasteiger partial charge in [-0.3, -0.25) is 0 Å². The molecule has 0 aromatic heterocycles. The Morgan fingerprint density at radius 1 is 0.429 bits per heavy atom. The number of hydrogen-bond acceptors (Lipinski definition) is 1. The van der Waals surface area contributed by atoms with Gasteiger partial charge in [-0.25, -0.2) is 0 Å². The van der Waals surface area contributed by atoms with Crippen LogP contribution in [0, 0.1) is 11.8 Å². The molecule has 122 valence electrons. The minimum Gasteiger partial charge on any atom is -0.311 e. The van der Waals surface area contributed by atoms with Gasteiger partial charge in [-0.15, -0.1) is 0 Å². The van der Waals surface area contributed by atoms with E-state index in [4.69, 9.17) is 0 Å². The largest absolute Gasteiger partial charge is 0.311 e. The topological polar surface area (TPSA) is 12.0 Å². The Morgan fingerprint density at radius 2 is 0.810 bits per heavy atom. The summed E-state index contributed by atoms with van der Waals surface area (Å²) in [5.74, 6) is 2.09. The van der Waals surface area contributed by atoms with Crippen LogP contribution in [-0.2, 0) is 0 Å². The first-order valence-corrected chi connectivity index (χ1v) is 10.2. The van der Waals surface area contributed by atoms with Crippen molar-refractivity contribution in [1.82, 2.24) is 5.32 Å². The summed E-state index contributed by atoms with van der Waals surface area (Å²) in [5.41, 5.74) is 0. The third-order valence-corrected chi connectivity index (χ3v) is 6.57. The molecule has 1 saturated heterocycles. The van der Waals surface area contributed by atoms with Gasteiger partial charge < -0.3 is 5.32 Å². The summed E-state index contributed by atoms with van der Waals surface area (Å²) in [7, 11) is 0. The molecule has 1 heterocycles. The molecular weight excluding hydrogens is 254 g/mol. The molecule has 4 atom stereocenters. The van der Waals surface area contributed by atoms with Gasteiger partial charge in [0.05, 0.1) is 0 Å². The van der Waals surface area contributed by atoms with Crippen molar-refractivity contribution in [3.8, 4) is 0 Å². The van der Waals surface area contributed by atoms with Gasteiger partial charge in [0.1, 0.15) is 0 Å². The van der Waals surface area contributed by atoms with E-state index in [-0.39, 0.29) is 0 Å². The summed E-state index contributed by atoms with van der Waals surface area (Å²) in [4.78, 5) is 0. The third kappa shape index (κ3) is 4.98. The van der Waals surface area contributed by atoms with Crippen molar-refractivity contribution in [3.05, 3.63) is 0 Å². The minimum atomic E-state index is 0.851. The van der Waals surface area contributed by atoms with E-state index in [2.05, 4.69) is 5.32 Å². The van der Waals surface area contributed by atoms with Gasteiger partial charge in [0.25, 0.3) is 0 Å². The number of hydrogen-bond donors (Lipinski definition) is 1. The van der Waals surface area contributed by atoms with E-state index in [0.717, 1.165) is 23.9 Å². The van der Waals surface area contributed by atoms with Gasteiger partial charge in [-0.05, 0) is 37.5 Å². The average Bonchev–Trinajstić information content (AvgIpc) is 2.65. The lowest BCUT2D eigenvalue weighted by molar-refractivity contribution is 0.243. The average molecular weight is 292 g/mol. The van der Waals surface area contributed by atoms with Crippen molar-refractivity contribution in [2.45, 2.75) is 115 Å². The molecule has 1 heteroatoms. The van der Waals surface area contributed by atoms with Crippen LogP contribution in [0.15, 0.2) is 0 Å². The zero-order chi connectivity index (χ0) is 14.3. The van der Waals surface area contributed by atoms with E-state index in [9.17, 15) is 0 Å². The summed E-state index contributed by atoms with van der Waals surface area (Å²) >= 11 is 0. The van der Waals surface area contributed by atoms with Crippen molar-refractivity contribution in [3.63, 3.8) is 0 Å². The van der Waals surface area contributed by atoms with Crippen LogP contribution in [0.5, 0.6) is 0 Å². The van der Waals surface area contributed by atoms with E-state index < -0.39 is 0 Å². The van der Waals surface area contributed by atoms with Crippen molar-refractivity contribution in [2.24, 2.45) is 11.8 Å². The minimum absolute atomic E-state index is 0.851. The predicted molar refractivity (Wildman–Crippen MR) is 91.6 cm³/mol. The number of nitrogens with one attached hydrogen (secondary N) is 1. The van der Waals surface area contributed by atoms with Gasteiger partial charge in [0, 0.05) is 12.1 Å². The van der Waals surface area contributed by atoms with Crippen LogP contribution in [0.1, 0.15) is 103 Å². The fourth-order valence-corrected chi connectivity index (χ4v) is 5.35. The Bertz CT molecular complexity index is 260. The first-order valence-electron chi connectivity index (χ1n) is 10.2. The molecule has 2 aliphatic carbocycles. The van der Waals surface area contributed by atoms with Crippen LogP contribution in [0.2, 0.25) is 0 Å². The van der Waals surface area contributed by atoms with Crippen molar-refractivity contribution in [1.29, 1.82) is 0 Å². The highest BCUT2D eigenvalue weighted by Gasteiger charge is 2.32. The van der Waals surface area contributed by atoms with E-state index in [0.29, 0.717) is 0 Å². The van der Waals surface area contributed by atoms with E-state index in [1.807, 2.05) is 0 Å². The zero-order valence-corrected chi connectivity index (χ0v) is 14.1. The molecule has 4 unspecified atom stereocenters. The molecule has 2 saturated carbocycles. The first-order chi connectivity index (χ1) is 10.4. The predicted octanol–water partition coefficient (Wildman–Crippen LogP) is 5.83. The van der Waals surface area contributed by atoms with Crippen LogP contribution >= 0.6 is 0 Å². The standard InChI is InChI=1S/C20H37N/c1-3-7-11-17-15-19(13-9-5-1)21-20-14-10-6-2-4-8-12-18(17)16-20/h17-21H,1-16H2. The smallest absolute Gasteiger partial charge is 0.00723 e. The third-order valence-electron chi connectivity index (χ3n) is 6.57. The Labute approximate surface area is 132 Å². The normalized spacial score (nSPS) is 40.0. The molecule has 0 spiro atoms. The van der Waals surface area contributed by atoms with Crippen LogP contribution < -0.4 is 5.32 Å². The SMILES string of the molecule is C1CCCC2CC(CCC1)C1CCCCCCCC(C1)N2.